The smallest absolute Gasteiger partial charge is 0.307 e. The molecule has 5 nitrogen and oxygen atoms in total. The Hall–Kier alpha value is -1.62. The average molecular weight is 246 g/mol. The lowest BCUT2D eigenvalue weighted by Gasteiger charge is -2.11. The Kier molecular flexibility index (Phi) is 3.15. The van der Waals surface area contributed by atoms with E-state index in [1.54, 1.807) is 6.26 Å². The van der Waals surface area contributed by atoms with Crippen LogP contribution in [0.3, 0.4) is 0 Å². The van der Waals surface area contributed by atoms with Crippen LogP contribution in [0, 0.1) is 0 Å². The van der Waals surface area contributed by atoms with Crippen LogP contribution in [0.4, 0.5) is 0 Å². The van der Waals surface area contributed by atoms with Crippen molar-refractivity contribution in [3.63, 3.8) is 0 Å². The summed E-state index contributed by atoms with van der Waals surface area (Å²) in [6.45, 7) is 3.76. The number of nitrogens with zero attached hydrogens (tertiary/aromatic N) is 3. The normalized spacial score (nSPS) is 14.7. The van der Waals surface area contributed by atoms with Crippen molar-refractivity contribution in [1.82, 2.24) is 19.9 Å². The van der Waals surface area contributed by atoms with Crippen molar-refractivity contribution in [2.45, 2.75) is 39.2 Å². The molecular weight excluding hydrogens is 228 g/mol. The number of aryl methyl sites for hydroxylation is 1. The minimum atomic E-state index is 0.638. The molecule has 2 aromatic heterocycles. The molecule has 18 heavy (non-hydrogen) atoms. The summed E-state index contributed by atoms with van der Waals surface area (Å²) < 4.78 is 7.53. The zero-order chi connectivity index (χ0) is 12.4. The Balaban J connectivity index is 1.85. The van der Waals surface area contributed by atoms with Gasteiger partial charge in [0.25, 0.3) is 0 Å². The summed E-state index contributed by atoms with van der Waals surface area (Å²) in [5.41, 5.74) is 3.40. The molecule has 96 valence electrons. The fourth-order valence-electron chi connectivity index (χ4n) is 2.38. The van der Waals surface area contributed by atoms with Crippen LogP contribution in [-0.4, -0.2) is 21.1 Å². The SMILES string of the molecule is CCNCc1coc(-n2cnc3c2CCCC3)n1. The molecule has 0 bridgehead atoms. The van der Waals surface area contributed by atoms with Gasteiger partial charge < -0.3 is 9.73 Å². The largest absolute Gasteiger partial charge is 0.431 e. The highest BCUT2D eigenvalue weighted by molar-refractivity contribution is 5.24. The Morgan fingerprint density at radius 1 is 1.39 bits per heavy atom. The topological polar surface area (TPSA) is 55.9 Å². The van der Waals surface area contributed by atoms with E-state index >= 15 is 0 Å². The Morgan fingerprint density at radius 3 is 3.17 bits per heavy atom. The molecule has 0 fully saturated rings. The van der Waals surface area contributed by atoms with E-state index in [9.17, 15) is 0 Å². The van der Waals surface area contributed by atoms with Gasteiger partial charge in [-0.1, -0.05) is 6.92 Å². The summed E-state index contributed by atoms with van der Waals surface area (Å²) in [5, 5.41) is 3.24. The molecule has 1 aliphatic rings. The lowest BCUT2D eigenvalue weighted by atomic mass is 10.0. The lowest BCUT2D eigenvalue weighted by molar-refractivity contribution is 0.515. The average Bonchev–Trinajstić information content (AvgIpc) is 3.02. The first-order valence-corrected chi connectivity index (χ1v) is 6.59. The van der Waals surface area contributed by atoms with Gasteiger partial charge in [-0.15, -0.1) is 0 Å². The quantitative estimate of drug-likeness (QED) is 0.894. The van der Waals surface area contributed by atoms with Crippen molar-refractivity contribution in [2.75, 3.05) is 6.54 Å². The van der Waals surface area contributed by atoms with Crippen molar-refractivity contribution in [1.29, 1.82) is 0 Å². The Bertz CT molecular complexity index is 529. The van der Waals surface area contributed by atoms with Crippen LogP contribution in [0.5, 0.6) is 0 Å². The van der Waals surface area contributed by atoms with Gasteiger partial charge in [0, 0.05) is 6.54 Å². The maximum atomic E-state index is 5.54. The van der Waals surface area contributed by atoms with Crippen molar-refractivity contribution < 1.29 is 4.42 Å². The molecule has 1 aliphatic carbocycles. The predicted molar refractivity (Wildman–Crippen MR) is 67.6 cm³/mol. The number of fused-ring (bicyclic) bond motifs is 1. The molecule has 2 aromatic rings. The molecule has 0 spiro atoms. The zero-order valence-electron chi connectivity index (χ0n) is 10.6. The van der Waals surface area contributed by atoms with Crippen LogP contribution >= 0.6 is 0 Å². The third-order valence-electron chi connectivity index (χ3n) is 3.33. The summed E-state index contributed by atoms with van der Waals surface area (Å²) in [4.78, 5) is 8.94. The van der Waals surface area contributed by atoms with Gasteiger partial charge in [-0.05, 0) is 32.2 Å². The Labute approximate surface area is 106 Å². The molecule has 0 amide bonds. The molecule has 3 rings (SSSR count). The summed E-state index contributed by atoms with van der Waals surface area (Å²) in [5.74, 6) is 0. The van der Waals surface area contributed by atoms with Crippen LogP contribution in [0.2, 0.25) is 0 Å². The number of aromatic nitrogens is 3. The number of imidazole rings is 1. The maximum absolute atomic E-state index is 5.54. The molecular formula is C13H18N4O. The molecule has 0 atom stereocenters. The summed E-state index contributed by atoms with van der Waals surface area (Å²) >= 11 is 0. The fraction of sp³-hybridized carbons (Fsp3) is 0.538. The lowest BCUT2D eigenvalue weighted by Crippen LogP contribution is -2.12. The summed E-state index contributed by atoms with van der Waals surface area (Å²) in [6.07, 6.45) is 8.16. The first-order valence-electron chi connectivity index (χ1n) is 6.59. The van der Waals surface area contributed by atoms with E-state index < -0.39 is 0 Å². The number of rotatable bonds is 4. The van der Waals surface area contributed by atoms with Gasteiger partial charge in [-0.25, -0.2) is 4.98 Å². The van der Waals surface area contributed by atoms with Crippen molar-refractivity contribution in [3.8, 4) is 6.01 Å². The third-order valence-corrected chi connectivity index (χ3v) is 3.33. The van der Waals surface area contributed by atoms with E-state index in [1.807, 2.05) is 10.9 Å². The first-order chi connectivity index (χ1) is 8.88. The molecule has 0 aliphatic heterocycles. The highest BCUT2D eigenvalue weighted by Crippen LogP contribution is 2.22. The van der Waals surface area contributed by atoms with Crippen LogP contribution in [0.15, 0.2) is 17.0 Å². The zero-order valence-corrected chi connectivity index (χ0v) is 10.6. The molecule has 1 N–H and O–H groups in total. The molecule has 2 heterocycles. The van der Waals surface area contributed by atoms with E-state index in [0.717, 1.165) is 31.6 Å². The third kappa shape index (κ3) is 2.06. The van der Waals surface area contributed by atoms with Gasteiger partial charge in [-0.3, -0.25) is 4.57 Å². The summed E-state index contributed by atoms with van der Waals surface area (Å²) in [7, 11) is 0. The van der Waals surface area contributed by atoms with Gasteiger partial charge in [0.15, 0.2) is 0 Å². The Morgan fingerprint density at radius 2 is 2.28 bits per heavy atom. The number of hydrogen-bond donors (Lipinski definition) is 1. The van der Waals surface area contributed by atoms with Crippen LogP contribution in [0.25, 0.3) is 6.01 Å². The van der Waals surface area contributed by atoms with Crippen molar-refractivity contribution in [2.24, 2.45) is 0 Å². The predicted octanol–water partition coefficient (Wildman–Crippen LogP) is 1.85. The second-order valence-electron chi connectivity index (χ2n) is 4.62. The highest BCUT2D eigenvalue weighted by atomic mass is 16.4. The molecule has 5 heteroatoms. The molecule has 0 saturated heterocycles. The highest BCUT2D eigenvalue weighted by Gasteiger charge is 2.18. The monoisotopic (exact) mass is 246 g/mol. The van der Waals surface area contributed by atoms with Gasteiger partial charge >= 0.3 is 6.01 Å². The van der Waals surface area contributed by atoms with E-state index in [-0.39, 0.29) is 0 Å². The minimum Gasteiger partial charge on any atom is -0.431 e. The fourth-order valence-corrected chi connectivity index (χ4v) is 2.38. The number of nitrogens with one attached hydrogen (secondary N) is 1. The van der Waals surface area contributed by atoms with Crippen LogP contribution in [-0.2, 0) is 19.4 Å². The number of hydrogen-bond acceptors (Lipinski definition) is 4. The molecule has 0 saturated carbocycles. The standard InChI is InChI=1S/C13H18N4O/c1-2-14-7-10-8-18-13(16-10)17-9-15-11-5-3-4-6-12(11)17/h8-9,14H,2-7H2,1H3. The van der Waals surface area contributed by atoms with E-state index in [1.165, 1.54) is 24.2 Å². The van der Waals surface area contributed by atoms with Gasteiger partial charge in [0.2, 0.25) is 0 Å². The van der Waals surface area contributed by atoms with E-state index in [0.29, 0.717) is 6.01 Å². The van der Waals surface area contributed by atoms with E-state index in [4.69, 9.17) is 4.42 Å². The second-order valence-corrected chi connectivity index (χ2v) is 4.62. The van der Waals surface area contributed by atoms with Crippen molar-refractivity contribution in [3.05, 3.63) is 29.7 Å². The van der Waals surface area contributed by atoms with Crippen molar-refractivity contribution >= 4 is 0 Å². The minimum absolute atomic E-state index is 0.638. The number of oxazole rings is 1. The maximum Gasteiger partial charge on any atom is 0.307 e. The van der Waals surface area contributed by atoms with Crippen LogP contribution < -0.4 is 5.32 Å². The summed E-state index contributed by atoms with van der Waals surface area (Å²) in [6, 6.07) is 0.638. The van der Waals surface area contributed by atoms with Gasteiger partial charge in [0.1, 0.15) is 12.6 Å². The first kappa shape index (κ1) is 11.5. The van der Waals surface area contributed by atoms with E-state index in [2.05, 4.69) is 22.2 Å². The molecule has 0 aromatic carbocycles. The molecule has 0 radical (unpaired) electrons. The van der Waals surface area contributed by atoms with Gasteiger partial charge in [-0.2, -0.15) is 4.98 Å². The van der Waals surface area contributed by atoms with Gasteiger partial charge in [0.05, 0.1) is 17.1 Å². The second kappa shape index (κ2) is 4.94. The molecule has 0 unspecified atom stereocenters. The van der Waals surface area contributed by atoms with Crippen LogP contribution in [0.1, 0.15) is 36.8 Å².